The molecule has 98 valence electrons. The van der Waals surface area contributed by atoms with Crippen LogP contribution in [0.15, 0.2) is 18.3 Å². The van der Waals surface area contributed by atoms with E-state index in [1.165, 1.54) is 6.42 Å². The number of hydrogen-bond acceptors (Lipinski definition) is 3. The van der Waals surface area contributed by atoms with E-state index in [0.717, 1.165) is 42.1 Å². The number of likely N-dealkylation sites (N-methyl/N-ethyl adjacent to an activating group) is 1. The van der Waals surface area contributed by atoms with Crippen LogP contribution in [0.1, 0.15) is 20.3 Å². The SMILES string of the molecule is CCCN(CC)CCn1c(=S)[nH]c2cccnc21. The van der Waals surface area contributed by atoms with Crippen molar-refractivity contribution in [3.8, 4) is 0 Å². The van der Waals surface area contributed by atoms with Crippen molar-refractivity contribution in [2.45, 2.75) is 26.8 Å². The molecule has 0 bridgehead atoms. The monoisotopic (exact) mass is 264 g/mol. The second kappa shape index (κ2) is 6.11. The lowest BCUT2D eigenvalue weighted by atomic mass is 10.4. The van der Waals surface area contributed by atoms with Crippen molar-refractivity contribution >= 4 is 23.4 Å². The lowest BCUT2D eigenvalue weighted by Crippen LogP contribution is -2.28. The zero-order valence-electron chi connectivity index (χ0n) is 11.0. The molecule has 0 aliphatic carbocycles. The van der Waals surface area contributed by atoms with Gasteiger partial charge in [-0.3, -0.25) is 0 Å². The van der Waals surface area contributed by atoms with Gasteiger partial charge in [0.2, 0.25) is 0 Å². The molecule has 0 radical (unpaired) electrons. The summed E-state index contributed by atoms with van der Waals surface area (Å²) < 4.78 is 2.85. The van der Waals surface area contributed by atoms with E-state index in [2.05, 4.69) is 33.3 Å². The third-order valence-corrected chi connectivity index (χ3v) is 3.48. The number of pyridine rings is 1. The van der Waals surface area contributed by atoms with E-state index < -0.39 is 0 Å². The highest BCUT2D eigenvalue weighted by atomic mass is 32.1. The number of aromatic amines is 1. The van der Waals surface area contributed by atoms with Crippen molar-refractivity contribution in [2.24, 2.45) is 0 Å². The maximum atomic E-state index is 5.35. The minimum atomic E-state index is 0.760. The predicted octanol–water partition coefficient (Wildman–Crippen LogP) is 2.83. The second-order valence-electron chi connectivity index (χ2n) is 4.39. The van der Waals surface area contributed by atoms with Crippen molar-refractivity contribution < 1.29 is 0 Å². The van der Waals surface area contributed by atoms with E-state index in [0.29, 0.717) is 0 Å². The number of aromatic nitrogens is 3. The fourth-order valence-corrected chi connectivity index (χ4v) is 2.47. The minimum Gasteiger partial charge on any atom is -0.329 e. The normalized spacial score (nSPS) is 11.5. The average Bonchev–Trinajstić information content (AvgIpc) is 2.70. The van der Waals surface area contributed by atoms with Gasteiger partial charge in [-0.05, 0) is 43.9 Å². The summed E-state index contributed by atoms with van der Waals surface area (Å²) in [6.07, 6.45) is 3.00. The molecule has 0 aliphatic rings. The van der Waals surface area contributed by atoms with Crippen LogP contribution in [0.5, 0.6) is 0 Å². The Labute approximate surface area is 113 Å². The van der Waals surface area contributed by atoms with Gasteiger partial charge in [0.05, 0.1) is 5.52 Å². The number of hydrogen-bond donors (Lipinski definition) is 1. The number of imidazole rings is 1. The van der Waals surface area contributed by atoms with Crippen LogP contribution in [-0.2, 0) is 6.54 Å². The van der Waals surface area contributed by atoms with E-state index in [9.17, 15) is 0 Å². The van der Waals surface area contributed by atoms with Crippen LogP contribution < -0.4 is 0 Å². The molecule has 2 heterocycles. The summed E-state index contributed by atoms with van der Waals surface area (Å²) in [5, 5.41) is 0. The van der Waals surface area contributed by atoms with Crippen LogP contribution >= 0.6 is 12.2 Å². The number of H-pyrrole nitrogens is 1. The molecule has 5 heteroatoms. The first-order chi connectivity index (χ1) is 8.76. The van der Waals surface area contributed by atoms with Gasteiger partial charge in [-0.1, -0.05) is 13.8 Å². The summed E-state index contributed by atoms with van der Waals surface area (Å²) in [6.45, 7) is 8.53. The summed E-state index contributed by atoms with van der Waals surface area (Å²) in [5.41, 5.74) is 1.97. The summed E-state index contributed by atoms with van der Waals surface area (Å²) in [5.74, 6) is 0. The van der Waals surface area contributed by atoms with Gasteiger partial charge in [-0.25, -0.2) is 4.98 Å². The number of nitrogens with zero attached hydrogens (tertiary/aromatic N) is 3. The van der Waals surface area contributed by atoms with Gasteiger partial charge in [0.25, 0.3) is 0 Å². The predicted molar refractivity (Wildman–Crippen MR) is 77.3 cm³/mol. The first-order valence-corrected chi connectivity index (χ1v) is 6.93. The molecule has 0 unspecified atom stereocenters. The fourth-order valence-electron chi connectivity index (χ4n) is 2.18. The maximum absolute atomic E-state index is 5.35. The molecular weight excluding hydrogens is 244 g/mol. The van der Waals surface area contributed by atoms with Crippen molar-refractivity contribution in [1.82, 2.24) is 19.4 Å². The van der Waals surface area contributed by atoms with Gasteiger partial charge in [-0.15, -0.1) is 0 Å². The molecule has 0 saturated heterocycles. The van der Waals surface area contributed by atoms with Crippen LogP contribution in [0.4, 0.5) is 0 Å². The number of fused-ring (bicyclic) bond motifs is 1. The molecule has 1 N–H and O–H groups in total. The largest absolute Gasteiger partial charge is 0.329 e. The first kappa shape index (κ1) is 13.2. The molecule has 0 spiro atoms. The van der Waals surface area contributed by atoms with Gasteiger partial charge in [0.1, 0.15) is 0 Å². The van der Waals surface area contributed by atoms with Crippen LogP contribution in [-0.4, -0.2) is 39.1 Å². The van der Waals surface area contributed by atoms with Gasteiger partial charge >= 0.3 is 0 Å². The minimum absolute atomic E-state index is 0.760. The van der Waals surface area contributed by atoms with Crippen molar-refractivity contribution in [2.75, 3.05) is 19.6 Å². The van der Waals surface area contributed by atoms with Crippen molar-refractivity contribution in [3.05, 3.63) is 23.1 Å². The Bertz CT molecular complexity index is 557. The Morgan fingerprint density at radius 1 is 1.39 bits per heavy atom. The second-order valence-corrected chi connectivity index (χ2v) is 4.78. The lowest BCUT2D eigenvalue weighted by Gasteiger charge is -2.19. The first-order valence-electron chi connectivity index (χ1n) is 6.52. The zero-order valence-corrected chi connectivity index (χ0v) is 11.8. The highest BCUT2D eigenvalue weighted by molar-refractivity contribution is 7.71. The molecular formula is C13H20N4S. The molecule has 2 rings (SSSR count). The smallest absolute Gasteiger partial charge is 0.179 e. The van der Waals surface area contributed by atoms with E-state index in [1.807, 2.05) is 18.3 Å². The van der Waals surface area contributed by atoms with E-state index >= 15 is 0 Å². The summed E-state index contributed by atoms with van der Waals surface area (Å²) in [6, 6.07) is 3.94. The third kappa shape index (κ3) is 2.79. The number of rotatable bonds is 6. The van der Waals surface area contributed by atoms with Gasteiger partial charge in [-0.2, -0.15) is 0 Å². The standard InChI is InChI=1S/C13H20N4S/c1-3-8-16(4-2)9-10-17-12-11(15-13(17)18)6-5-7-14-12/h5-7H,3-4,8-10H2,1-2H3,(H,15,18). The van der Waals surface area contributed by atoms with Crippen LogP contribution in [0.3, 0.4) is 0 Å². The Morgan fingerprint density at radius 3 is 2.94 bits per heavy atom. The Hall–Kier alpha value is -1.20. The Kier molecular flexibility index (Phi) is 4.49. The van der Waals surface area contributed by atoms with Crippen LogP contribution in [0, 0.1) is 4.77 Å². The molecule has 0 aliphatic heterocycles. The zero-order chi connectivity index (χ0) is 13.0. The average molecular weight is 264 g/mol. The molecule has 2 aromatic rings. The number of nitrogens with one attached hydrogen (secondary N) is 1. The van der Waals surface area contributed by atoms with E-state index in [4.69, 9.17) is 12.2 Å². The van der Waals surface area contributed by atoms with Gasteiger partial charge in [0, 0.05) is 19.3 Å². The highest BCUT2D eigenvalue weighted by Gasteiger charge is 2.06. The fraction of sp³-hybridized carbons (Fsp3) is 0.538. The van der Waals surface area contributed by atoms with Crippen molar-refractivity contribution in [3.63, 3.8) is 0 Å². The van der Waals surface area contributed by atoms with Crippen LogP contribution in [0.25, 0.3) is 11.2 Å². The van der Waals surface area contributed by atoms with Crippen LogP contribution in [0.2, 0.25) is 0 Å². The molecule has 18 heavy (non-hydrogen) atoms. The summed E-state index contributed by atoms with van der Waals surface area (Å²) >= 11 is 5.35. The highest BCUT2D eigenvalue weighted by Crippen LogP contribution is 2.10. The molecule has 0 amide bonds. The van der Waals surface area contributed by atoms with E-state index in [-0.39, 0.29) is 0 Å². The third-order valence-electron chi connectivity index (χ3n) is 3.16. The maximum Gasteiger partial charge on any atom is 0.179 e. The molecule has 0 fully saturated rings. The lowest BCUT2D eigenvalue weighted by molar-refractivity contribution is 0.277. The Morgan fingerprint density at radius 2 is 2.22 bits per heavy atom. The van der Waals surface area contributed by atoms with Crippen molar-refractivity contribution in [1.29, 1.82) is 0 Å². The Balaban J connectivity index is 2.16. The van der Waals surface area contributed by atoms with Gasteiger partial charge < -0.3 is 14.5 Å². The van der Waals surface area contributed by atoms with Gasteiger partial charge in [0.15, 0.2) is 10.4 Å². The molecule has 4 nitrogen and oxygen atoms in total. The molecule has 2 aromatic heterocycles. The van der Waals surface area contributed by atoms with E-state index in [1.54, 1.807) is 0 Å². The molecule has 0 aromatic carbocycles. The molecule has 0 atom stereocenters. The quantitative estimate of drug-likeness (QED) is 0.815. The summed E-state index contributed by atoms with van der Waals surface area (Å²) in [4.78, 5) is 10.0. The summed E-state index contributed by atoms with van der Waals surface area (Å²) in [7, 11) is 0. The topological polar surface area (TPSA) is 36.9 Å². The molecule has 0 saturated carbocycles.